The standard InChI is InChI=1S/C16H25N5O2S/c1-3-8-20(9-4-2)24(22,23)21-12-10-19(11-13-21)16-15(14-17)6-5-7-18-16/h5-7H,3-4,8-13H2,1-2H3. The summed E-state index contributed by atoms with van der Waals surface area (Å²) in [7, 11) is -3.42. The zero-order chi connectivity index (χ0) is 17.6. The van der Waals surface area contributed by atoms with Crippen LogP contribution in [0, 0.1) is 11.3 Å². The molecule has 132 valence electrons. The molecule has 0 aliphatic carbocycles. The lowest BCUT2D eigenvalue weighted by atomic mass is 10.2. The summed E-state index contributed by atoms with van der Waals surface area (Å²) >= 11 is 0. The molecule has 0 amide bonds. The van der Waals surface area contributed by atoms with Gasteiger partial charge in [-0.1, -0.05) is 13.8 Å². The molecule has 0 aromatic carbocycles. The summed E-state index contributed by atoms with van der Waals surface area (Å²) in [6, 6.07) is 5.61. The molecule has 0 saturated carbocycles. The molecule has 1 aliphatic rings. The zero-order valence-corrected chi connectivity index (χ0v) is 15.2. The molecule has 2 heterocycles. The fourth-order valence-corrected chi connectivity index (χ4v) is 4.65. The molecule has 1 aliphatic heterocycles. The van der Waals surface area contributed by atoms with E-state index in [0.717, 1.165) is 12.8 Å². The van der Waals surface area contributed by atoms with E-state index in [0.29, 0.717) is 50.6 Å². The van der Waals surface area contributed by atoms with Crippen molar-refractivity contribution in [3.8, 4) is 6.07 Å². The van der Waals surface area contributed by atoms with Crippen LogP contribution in [0.15, 0.2) is 18.3 Å². The summed E-state index contributed by atoms with van der Waals surface area (Å²) in [4.78, 5) is 6.26. The number of nitriles is 1. The second-order valence-electron chi connectivity index (χ2n) is 5.78. The van der Waals surface area contributed by atoms with Crippen molar-refractivity contribution < 1.29 is 8.42 Å². The maximum absolute atomic E-state index is 12.8. The maximum atomic E-state index is 12.8. The van der Waals surface area contributed by atoms with Crippen molar-refractivity contribution in [1.29, 1.82) is 5.26 Å². The van der Waals surface area contributed by atoms with Gasteiger partial charge in [0.25, 0.3) is 10.2 Å². The summed E-state index contributed by atoms with van der Waals surface area (Å²) < 4.78 is 28.7. The molecule has 0 spiro atoms. The number of pyridine rings is 1. The van der Waals surface area contributed by atoms with E-state index in [-0.39, 0.29) is 0 Å². The van der Waals surface area contributed by atoms with Crippen molar-refractivity contribution in [2.45, 2.75) is 26.7 Å². The largest absolute Gasteiger partial charge is 0.353 e. The Labute approximate surface area is 144 Å². The van der Waals surface area contributed by atoms with Crippen molar-refractivity contribution in [3.05, 3.63) is 23.9 Å². The summed E-state index contributed by atoms with van der Waals surface area (Å²) in [6.45, 7) is 6.97. The molecule has 0 unspecified atom stereocenters. The highest BCUT2D eigenvalue weighted by Crippen LogP contribution is 2.20. The number of hydrogen-bond acceptors (Lipinski definition) is 5. The fraction of sp³-hybridized carbons (Fsp3) is 0.625. The third-order valence-electron chi connectivity index (χ3n) is 4.04. The first-order valence-electron chi connectivity index (χ1n) is 8.39. The number of hydrogen-bond donors (Lipinski definition) is 0. The highest BCUT2D eigenvalue weighted by atomic mass is 32.2. The second-order valence-corrected chi connectivity index (χ2v) is 7.71. The van der Waals surface area contributed by atoms with Gasteiger partial charge in [0, 0.05) is 45.5 Å². The van der Waals surface area contributed by atoms with Crippen LogP contribution in [-0.4, -0.2) is 61.3 Å². The van der Waals surface area contributed by atoms with Gasteiger partial charge in [0.2, 0.25) is 0 Å². The Bertz CT molecular complexity index is 672. The molecular formula is C16H25N5O2S. The summed E-state index contributed by atoms with van der Waals surface area (Å²) in [5.74, 6) is 0.635. The summed E-state index contributed by atoms with van der Waals surface area (Å²) in [5, 5.41) is 9.19. The van der Waals surface area contributed by atoms with Gasteiger partial charge in [-0.15, -0.1) is 0 Å². The summed E-state index contributed by atoms with van der Waals surface area (Å²) in [5.41, 5.74) is 0.521. The lowest BCUT2D eigenvalue weighted by Gasteiger charge is -2.37. The van der Waals surface area contributed by atoms with E-state index >= 15 is 0 Å². The molecule has 1 fully saturated rings. The molecule has 1 aromatic heterocycles. The van der Waals surface area contributed by atoms with Gasteiger partial charge in [-0.25, -0.2) is 4.98 Å². The van der Waals surface area contributed by atoms with Crippen molar-refractivity contribution in [2.75, 3.05) is 44.2 Å². The molecular weight excluding hydrogens is 326 g/mol. The predicted molar refractivity (Wildman–Crippen MR) is 93.8 cm³/mol. The normalized spacial score (nSPS) is 16.3. The minimum absolute atomic E-state index is 0.410. The van der Waals surface area contributed by atoms with E-state index in [2.05, 4.69) is 11.1 Å². The van der Waals surface area contributed by atoms with Crippen molar-refractivity contribution in [2.24, 2.45) is 0 Å². The fourth-order valence-electron chi connectivity index (χ4n) is 2.87. The molecule has 0 atom stereocenters. The quantitative estimate of drug-likeness (QED) is 0.742. The van der Waals surface area contributed by atoms with Gasteiger partial charge in [-0.05, 0) is 25.0 Å². The van der Waals surface area contributed by atoms with Crippen LogP contribution in [0.25, 0.3) is 0 Å². The first-order valence-corrected chi connectivity index (χ1v) is 9.79. The van der Waals surface area contributed by atoms with Gasteiger partial charge < -0.3 is 4.90 Å². The van der Waals surface area contributed by atoms with E-state index in [1.807, 2.05) is 18.7 Å². The lowest BCUT2D eigenvalue weighted by Crippen LogP contribution is -2.53. The molecule has 1 aromatic rings. The van der Waals surface area contributed by atoms with E-state index in [4.69, 9.17) is 0 Å². The van der Waals surface area contributed by atoms with Gasteiger partial charge in [0.1, 0.15) is 11.9 Å². The van der Waals surface area contributed by atoms with Crippen LogP contribution in [-0.2, 0) is 10.2 Å². The van der Waals surface area contributed by atoms with Gasteiger partial charge in [-0.3, -0.25) is 0 Å². The molecule has 0 bridgehead atoms. The SMILES string of the molecule is CCCN(CCC)S(=O)(=O)N1CCN(c2ncccc2C#N)CC1. The Morgan fingerprint density at radius 3 is 2.38 bits per heavy atom. The third kappa shape index (κ3) is 4.04. The van der Waals surface area contributed by atoms with Crippen molar-refractivity contribution >= 4 is 16.0 Å². The topological polar surface area (TPSA) is 80.5 Å². The average Bonchev–Trinajstić information content (AvgIpc) is 2.61. The molecule has 8 heteroatoms. The van der Waals surface area contributed by atoms with E-state index in [1.165, 1.54) is 0 Å². The highest BCUT2D eigenvalue weighted by molar-refractivity contribution is 7.86. The van der Waals surface area contributed by atoms with E-state index < -0.39 is 10.2 Å². The van der Waals surface area contributed by atoms with Crippen molar-refractivity contribution in [1.82, 2.24) is 13.6 Å². The zero-order valence-electron chi connectivity index (χ0n) is 14.3. The number of anilines is 1. The minimum Gasteiger partial charge on any atom is -0.353 e. The van der Waals surface area contributed by atoms with E-state index in [1.54, 1.807) is 26.9 Å². The first-order chi connectivity index (χ1) is 11.5. The number of aromatic nitrogens is 1. The maximum Gasteiger partial charge on any atom is 0.282 e. The number of nitrogens with zero attached hydrogens (tertiary/aromatic N) is 5. The first kappa shape index (κ1) is 18.6. The molecule has 1 saturated heterocycles. The van der Waals surface area contributed by atoms with Gasteiger partial charge >= 0.3 is 0 Å². The van der Waals surface area contributed by atoms with Gasteiger partial charge in [-0.2, -0.15) is 22.3 Å². The number of rotatable bonds is 7. The number of piperazine rings is 1. The van der Waals surface area contributed by atoms with Crippen molar-refractivity contribution in [3.63, 3.8) is 0 Å². The Hall–Kier alpha value is -1.69. The Balaban J connectivity index is 2.07. The predicted octanol–water partition coefficient (Wildman–Crippen LogP) is 1.44. The molecule has 2 rings (SSSR count). The van der Waals surface area contributed by atoms with E-state index in [9.17, 15) is 13.7 Å². The van der Waals surface area contributed by atoms with Crippen LogP contribution in [0.1, 0.15) is 32.3 Å². The smallest absolute Gasteiger partial charge is 0.282 e. The van der Waals surface area contributed by atoms with Crippen LogP contribution in [0.3, 0.4) is 0 Å². The summed E-state index contributed by atoms with van der Waals surface area (Å²) in [6.07, 6.45) is 3.26. The monoisotopic (exact) mass is 351 g/mol. The Morgan fingerprint density at radius 1 is 1.21 bits per heavy atom. The minimum atomic E-state index is -3.42. The van der Waals surface area contributed by atoms with Crippen LogP contribution in [0.2, 0.25) is 0 Å². The van der Waals surface area contributed by atoms with Gasteiger partial charge in [0.05, 0.1) is 5.56 Å². The molecule has 7 nitrogen and oxygen atoms in total. The molecule has 24 heavy (non-hydrogen) atoms. The van der Waals surface area contributed by atoms with Gasteiger partial charge in [0.15, 0.2) is 0 Å². The highest BCUT2D eigenvalue weighted by Gasteiger charge is 2.32. The lowest BCUT2D eigenvalue weighted by molar-refractivity contribution is 0.322. The van der Waals surface area contributed by atoms with Crippen LogP contribution in [0.4, 0.5) is 5.82 Å². The second kappa shape index (κ2) is 8.42. The van der Waals surface area contributed by atoms with Crippen LogP contribution < -0.4 is 4.90 Å². The Morgan fingerprint density at radius 2 is 1.83 bits per heavy atom. The van der Waals surface area contributed by atoms with Crippen LogP contribution in [0.5, 0.6) is 0 Å². The Kier molecular flexibility index (Phi) is 6.54. The average molecular weight is 351 g/mol. The molecule has 0 radical (unpaired) electrons. The van der Waals surface area contributed by atoms with Crippen LogP contribution >= 0.6 is 0 Å². The molecule has 0 N–H and O–H groups in total. The third-order valence-corrected chi connectivity index (χ3v) is 6.08.